The molecule has 1 aromatic heterocycles. The lowest BCUT2D eigenvalue weighted by Crippen LogP contribution is -2.47. The number of nitrogens with zero attached hydrogens (tertiary/aromatic N) is 3. The van der Waals surface area contributed by atoms with Crippen LogP contribution in [0.3, 0.4) is 0 Å². The van der Waals surface area contributed by atoms with E-state index >= 15 is 0 Å². The molecule has 1 atom stereocenters. The van der Waals surface area contributed by atoms with Gasteiger partial charge in [-0.05, 0) is 44.0 Å². The van der Waals surface area contributed by atoms with Gasteiger partial charge in [0.1, 0.15) is 11.6 Å². The van der Waals surface area contributed by atoms with Crippen LogP contribution < -0.4 is 10.9 Å². The monoisotopic (exact) mass is 421 g/mol. The van der Waals surface area contributed by atoms with E-state index in [4.69, 9.17) is 0 Å². The van der Waals surface area contributed by atoms with E-state index in [0.717, 1.165) is 43.9 Å². The van der Waals surface area contributed by atoms with Gasteiger partial charge in [0, 0.05) is 44.8 Å². The number of benzene rings is 1. The minimum Gasteiger partial charge on any atom is -0.348 e. The van der Waals surface area contributed by atoms with Crippen LogP contribution in [0.5, 0.6) is 0 Å². The van der Waals surface area contributed by atoms with Crippen molar-refractivity contribution in [3.8, 4) is 6.07 Å². The average Bonchev–Trinajstić information content (AvgIpc) is 2.75. The van der Waals surface area contributed by atoms with Crippen LogP contribution in [0.2, 0.25) is 0 Å². The Kier molecular flexibility index (Phi) is 7.61. The predicted octanol–water partition coefficient (Wildman–Crippen LogP) is 1.90. The third kappa shape index (κ3) is 5.81. The van der Waals surface area contributed by atoms with Gasteiger partial charge in [-0.15, -0.1) is 0 Å². The number of amides is 1. The molecule has 3 rings (SSSR count). The van der Waals surface area contributed by atoms with Gasteiger partial charge in [0.25, 0.3) is 5.56 Å². The number of carbonyl (C=O) groups excluding carboxylic acids is 1. The Morgan fingerprint density at radius 1 is 1.19 bits per heavy atom. The van der Waals surface area contributed by atoms with Crippen molar-refractivity contribution < 1.29 is 4.79 Å². The lowest BCUT2D eigenvalue weighted by molar-refractivity contribution is -0.122. The van der Waals surface area contributed by atoms with Gasteiger partial charge in [0.05, 0.1) is 6.04 Å². The molecule has 7 nitrogen and oxygen atoms in total. The molecular formula is C24H31N5O2. The summed E-state index contributed by atoms with van der Waals surface area (Å²) in [4.78, 5) is 32.2. The molecule has 1 aromatic carbocycles. The van der Waals surface area contributed by atoms with Crippen LogP contribution in [0.4, 0.5) is 0 Å². The summed E-state index contributed by atoms with van der Waals surface area (Å²) >= 11 is 0. The number of aromatic nitrogens is 1. The fraction of sp³-hybridized carbons (Fsp3) is 0.458. The molecule has 1 fully saturated rings. The molecule has 0 saturated carbocycles. The van der Waals surface area contributed by atoms with Gasteiger partial charge in [0.2, 0.25) is 5.91 Å². The molecule has 1 amide bonds. The molecule has 1 unspecified atom stereocenters. The van der Waals surface area contributed by atoms with Crippen molar-refractivity contribution in [2.75, 3.05) is 39.8 Å². The second kappa shape index (κ2) is 10.4. The normalized spacial score (nSPS) is 15.9. The van der Waals surface area contributed by atoms with Crippen molar-refractivity contribution in [2.24, 2.45) is 0 Å². The van der Waals surface area contributed by atoms with Crippen molar-refractivity contribution in [3.63, 3.8) is 0 Å². The maximum Gasteiger partial charge on any atom is 0.266 e. The summed E-state index contributed by atoms with van der Waals surface area (Å²) in [6.45, 7) is 8.39. The zero-order chi connectivity index (χ0) is 22.4. The van der Waals surface area contributed by atoms with E-state index in [1.807, 2.05) is 31.2 Å². The molecule has 0 spiro atoms. The highest BCUT2D eigenvalue weighted by molar-refractivity contribution is 5.77. The first-order valence-electron chi connectivity index (χ1n) is 10.8. The van der Waals surface area contributed by atoms with Gasteiger partial charge in [-0.25, -0.2) is 0 Å². The number of piperazine rings is 1. The van der Waals surface area contributed by atoms with Crippen LogP contribution in [0.1, 0.15) is 40.4 Å². The third-order valence-corrected chi connectivity index (χ3v) is 6.10. The number of hydrogen-bond acceptors (Lipinski definition) is 5. The average molecular weight is 422 g/mol. The maximum atomic E-state index is 12.9. The number of carbonyl (C=O) groups is 1. The lowest BCUT2D eigenvalue weighted by Gasteiger charge is -2.35. The Hall–Kier alpha value is -2.95. The molecule has 0 aliphatic carbocycles. The first kappa shape index (κ1) is 22.7. The van der Waals surface area contributed by atoms with Crippen LogP contribution in [-0.4, -0.2) is 60.5 Å². The predicted molar refractivity (Wildman–Crippen MR) is 121 cm³/mol. The summed E-state index contributed by atoms with van der Waals surface area (Å²) in [6.07, 6.45) is 0.773. The first-order valence-corrected chi connectivity index (χ1v) is 10.8. The van der Waals surface area contributed by atoms with Crippen LogP contribution in [0.15, 0.2) is 35.1 Å². The van der Waals surface area contributed by atoms with Gasteiger partial charge in [0.15, 0.2) is 0 Å². The topological polar surface area (TPSA) is 92.2 Å². The van der Waals surface area contributed by atoms with Crippen molar-refractivity contribution in [1.82, 2.24) is 20.1 Å². The molecule has 31 heavy (non-hydrogen) atoms. The zero-order valence-corrected chi connectivity index (χ0v) is 18.6. The Bertz CT molecular complexity index is 1000. The van der Waals surface area contributed by atoms with E-state index in [9.17, 15) is 14.9 Å². The largest absolute Gasteiger partial charge is 0.348 e. The second-order valence-electron chi connectivity index (χ2n) is 8.30. The fourth-order valence-corrected chi connectivity index (χ4v) is 4.13. The molecular weight excluding hydrogens is 390 g/mol. The van der Waals surface area contributed by atoms with Crippen molar-refractivity contribution >= 4 is 5.91 Å². The molecule has 164 valence electrons. The van der Waals surface area contributed by atoms with Crippen LogP contribution in [-0.2, 0) is 11.2 Å². The number of aromatic amines is 1. The molecule has 0 bridgehead atoms. The number of likely N-dealkylation sites (N-methyl/N-ethyl adjacent to an activating group) is 1. The van der Waals surface area contributed by atoms with Gasteiger partial charge in [-0.2, -0.15) is 5.26 Å². The lowest BCUT2D eigenvalue weighted by atomic mass is 9.98. The SMILES string of the molecule is Cc1[nH]c(=O)c(C#N)c(C)c1CCC(=O)NC(CN1CCN(C)CC1)c1ccccc1. The van der Waals surface area contributed by atoms with Crippen LogP contribution in [0, 0.1) is 25.2 Å². The standard InChI is InChI=1S/C24H31N5O2/c1-17-20(18(2)26-24(31)21(17)15-25)9-10-23(30)27-22(19-7-5-4-6-8-19)16-29-13-11-28(3)12-14-29/h4-8,22H,9-14,16H2,1-3H3,(H,26,31)(H,27,30). The second-order valence-corrected chi connectivity index (χ2v) is 8.30. The quantitative estimate of drug-likeness (QED) is 0.712. The minimum absolute atomic E-state index is 0.0357. The summed E-state index contributed by atoms with van der Waals surface area (Å²) in [5.41, 5.74) is 3.08. The molecule has 1 aliphatic rings. The van der Waals surface area contributed by atoms with E-state index in [1.54, 1.807) is 6.92 Å². The van der Waals surface area contributed by atoms with E-state index < -0.39 is 0 Å². The van der Waals surface area contributed by atoms with Crippen molar-refractivity contribution in [2.45, 2.75) is 32.7 Å². The Labute approximate surface area is 183 Å². The van der Waals surface area contributed by atoms with E-state index in [2.05, 4.69) is 39.3 Å². The number of nitrogens with one attached hydrogen (secondary N) is 2. The summed E-state index contributed by atoms with van der Waals surface area (Å²) < 4.78 is 0. The zero-order valence-electron chi connectivity index (χ0n) is 18.6. The Morgan fingerprint density at radius 2 is 1.87 bits per heavy atom. The number of hydrogen-bond donors (Lipinski definition) is 2. The number of nitriles is 1. The summed E-state index contributed by atoms with van der Waals surface area (Å²) in [5.74, 6) is -0.0357. The molecule has 1 aliphatic heterocycles. The summed E-state index contributed by atoms with van der Waals surface area (Å²) in [6, 6.07) is 12.0. The molecule has 2 heterocycles. The van der Waals surface area contributed by atoms with Gasteiger partial charge in [-0.1, -0.05) is 30.3 Å². The van der Waals surface area contributed by atoms with E-state index in [1.165, 1.54) is 0 Å². The summed E-state index contributed by atoms with van der Waals surface area (Å²) in [7, 11) is 2.13. The van der Waals surface area contributed by atoms with Gasteiger partial charge < -0.3 is 15.2 Å². The van der Waals surface area contributed by atoms with Crippen molar-refractivity contribution in [3.05, 3.63) is 68.6 Å². The number of rotatable bonds is 7. The third-order valence-electron chi connectivity index (χ3n) is 6.10. The Balaban J connectivity index is 1.68. The highest BCUT2D eigenvalue weighted by Crippen LogP contribution is 2.18. The van der Waals surface area contributed by atoms with E-state index in [-0.39, 0.29) is 23.1 Å². The van der Waals surface area contributed by atoms with E-state index in [0.29, 0.717) is 24.1 Å². The van der Waals surface area contributed by atoms with Gasteiger partial charge in [-0.3, -0.25) is 14.5 Å². The number of H-pyrrole nitrogens is 1. The maximum absolute atomic E-state index is 12.9. The Morgan fingerprint density at radius 3 is 2.52 bits per heavy atom. The minimum atomic E-state index is -0.373. The van der Waals surface area contributed by atoms with Crippen molar-refractivity contribution in [1.29, 1.82) is 5.26 Å². The van der Waals surface area contributed by atoms with Crippen LogP contribution >= 0.6 is 0 Å². The highest BCUT2D eigenvalue weighted by Gasteiger charge is 2.21. The number of aryl methyl sites for hydroxylation is 1. The highest BCUT2D eigenvalue weighted by atomic mass is 16.1. The van der Waals surface area contributed by atoms with Gasteiger partial charge >= 0.3 is 0 Å². The first-order chi connectivity index (χ1) is 14.9. The molecule has 1 saturated heterocycles. The molecule has 2 N–H and O–H groups in total. The molecule has 7 heteroatoms. The smallest absolute Gasteiger partial charge is 0.266 e. The fourth-order valence-electron chi connectivity index (χ4n) is 4.13. The molecule has 2 aromatic rings. The summed E-state index contributed by atoms with van der Waals surface area (Å²) in [5, 5.41) is 12.5. The molecule has 0 radical (unpaired) electrons. The number of pyridine rings is 1. The van der Waals surface area contributed by atoms with Crippen LogP contribution in [0.25, 0.3) is 0 Å².